The van der Waals surface area contributed by atoms with E-state index in [0.717, 1.165) is 82.7 Å². The summed E-state index contributed by atoms with van der Waals surface area (Å²) in [4.78, 5) is 38.0. The number of carbonyl (C=O) groups is 1. The lowest BCUT2D eigenvalue weighted by Crippen LogP contribution is -2.63. The number of anilines is 2. The molecule has 18 heteroatoms. The predicted molar refractivity (Wildman–Crippen MR) is 277 cm³/mol. The first-order valence-electron chi connectivity index (χ1n) is 25.9. The van der Waals surface area contributed by atoms with Gasteiger partial charge in [0.15, 0.2) is 17.2 Å². The molecule has 2 aromatic heterocycles. The van der Waals surface area contributed by atoms with E-state index in [1.165, 1.54) is 55.7 Å². The average molecular weight is 1020 g/mol. The maximum Gasteiger partial charge on any atom is 0.297 e. The number of sulfonamides is 1. The molecule has 0 unspecified atom stereocenters. The molecule has 2 aliphatic carbocycles. The average Bonchev–Trinajstić information content (AvgIpc) is 4.00. The number of piperidine rings is 1. The standard InChI is InChI=1S/C55H68FN7O9S/c1-33(2)38-10-7-8-11-39(38)40-12-9-13-45(40)62-31-55(32-62)20-22-61(23-21-55)36-14-15-41(47(24-36)72-49-27-42-43(56)28-57-51(42)59-53(49)71-29-34(3)69-6)52(64)60-73(67,68)37-25-46(63(65)66)50-48(26-37)70-30-44(58-50)35-16-18-54(4,5)19-17-35/h7-8,10-11,14-15,24-28,33-35,40,44-45,58H,9,12-13,16-23,29-32H2,1-6H3,(H,57,59)(H,60,64)/t34-,40+,44+,45+/m0/s1. The molecule has 16 nitrogen and oxygen atoms in total. The predicted octanol–water partition coefficient (Wildman–Crippen LogP) is 10.7. The number of carbonyl (C=O) groups excluding carboxylic acids is 1. The SMILES string of the molecule is CO[C@@H](C)COc1nc2[nH]cc(F)c2cc1Oc1cc(N2CCC3(CC2)CN([C@@H]2CCC[C@@H]2c2ccccc2C(C)C)C3)ccc1C(=O)NS(=O)(=O)c1cc2c(c([N+](=O)[O-])c1)N[C@@H](C1CCC(C)(C)CC1)CO2. The molecule has 5 aliphatic rings. The second kappa shape index (κ2) is 20.0. The zero-order chi connectivity index (χ0) is 51.4. The van der Waals surface area contributed by atoms with Gasteiger partial charge in [0.1, 0.15) is 30.4 Å². The Morgan fingerprint density at radius 2 is 1.75 bits per heavy atom. The Kier molecular flexibility index (Phi) is 13.9. The van der Waals surface area contributed by atoms with Crippen molar-refractivity contribution in [2.75, 3.05) is 56.7 Å². The number of amides is 1. The molecule has 1 spiro atoms. The van der Waals surface area contributed by atoms with Crippen molar-refractivity contribution in [2.45, 2.75) is 127 Å². The van der Waals surface area contributed by atoms with Gasteiger partial charge >= 0.3 is 0 Å². The lowest BCUT2D eigenvalue weighted by Gasteiger charge is -2.57. The van der Waals surface area contributed by atoms with Crippen LogP contribution in [0.15, 0.2) is 71.8 Å². The van der Waals surface area contributed by atoms with Gasteiger partial charge in [-0.3, -0.25) is 19.8 Å². The molecular formula is C55H68FN7O9S. The number of nitro benzene ring substituents is 1. The monoisotopic (exact) mass is 1020 g/mol. The number of H-pyrrole nitrogens is 1. The lowest BCUT2D eigenvalue weighted by atomic mass is 9.70. The molecule has 73 heavy (non-hydrogen) atoms. The van der Waals surface area contributed by atoms with Crippen LogP contribution in [0.3, 0.4) is 0 Å². The van der Waals surface area contributed by atoms with Crippen LogP contribution in [-0.2, 0) is 14.8 Å². The Morgan fingerprint density at radius 3 is 2.48 bits per heavy atom. The first kappa shape index (κ1) is 50.5. The highest BCUT2D eigenvalue weighted by Gasteiger charge is 2.49. The van der Waals surface area contributed by atoms with Gasteiger partial charge in [-0.1, -0.05) is 58.4 Å². The molecule has 1 amide bonds. The number of aromatic amines is 1. The summed E-state index contributed by atoms with van der Waals surface area (Å²) in [7, 11) is -3.22. The van der Waals surface area contributed by atoms with Crippen molar-refractivity contribution in [2.24, 2.45) is 16.7 Å². The molecule has 3 aliphatic heterocycles. The molecular weight excluding hydrogens is 954 g/mol. The minimum Gasteiger partial charge on any atom is -0.489 e. The summed E-state index contributed by atoms with van der Waals surface area (Å²) in [6.07, 6.45) is 10.3. The minimum absolute atomic E-state index is 0.00561. The highest BCUT2D eigenvalue weighted by Crippen LogP contribution is 2.50. The zero-order valence-electron chi connectivity index (χ0n) is 42.7. The first-order chi connectivity index (χ1) is 34.9. The Hall–Kier alpha value is -5.98. The van der Waals surface area contributed by atoms with Crippen LogP contribution in [0.4, 0.5) is 21.5 Å². The molecule has 0 bridgehead atoms. The normalized spacial score (nSPS) is 22.3. The van der Waals surface area contributed by atoms with E-state index in [0.29, 0.717) is 17.9 Å². The molecule has 10 rings (SSSR count). The fraction of sp³-hybridized carbons (Fsp3) is 0.527. The van der Waals surface area contributed by atoms with Gasteiger partial charge in [-0.05, 0) is 110 Å². The topological polar surface area (TPSA) is 190 Å². The van der Waals surface area contributed by atoms with Gasteiger partial charge < -0.3 is 34.1 Å². The Bertz CT molecular complexity index is 2990. The number of hydrogen-bond donors (Lipinski definition) is 3. The summed E-state index contributed by atoms with van der Waals surface area (Å²) < 4.78 is 69.6. The molecule has 3 aromatic carbocycles. The number of halogens is 1. The van der Waals surface area contributed by atoms with Gasteiger partial charge in [-0.25, -0.2) is 17.5 Å². The van der Waals surface area contributed by atoms with Crippen molar-refractivity contribution in [3.8, 4) is 23.1 Å². The molecule has 0 radical (unpaired) electrons. The number of ether oxygens (including phenoxy) is 4. The zero-order valence-corrected chi connectivity index (χ0v) is 43.5. The van der Waals surface area contributed by atoms with Crippen LogP contribution in [0.25, 0.3) is 11.0 Å². The number of hydrogen-bond acceptors (Lipinski definition) is 13. The fourth-order valence-electron chi connectivity index (χ4n) is 12.1. The van der Waals surface area contributed by atoms with Crippen molar-refractivity contribution in [3.05, 3.63) is 99.5 Å². The van der Waals surface area contributed by atoms with Gasteiger partial charge in [0.25, 0.3) is 27.5 Å². The largest absolute Gasteiger partial charge is 0.489 e. The van der Waals surface area contributed by atoms with E-state index in [-0.39, 0.29) is 87.5 Å². The smallest absolute Gasteiger partial charge is 0.297 e. The maximum absolute atomic E-state index is 15.1. The van der Waals surface area contributed by atoms with Crippen molar-refractivity contribution < 1.29 is 41.5 Å². The molecule has 2 saturated carbocycles. The van der Waals surface area contributed by atoms with E-state index in [2.05, 4.69) is 81.8 Å². The lowest BCUT2D eigenvalue weighted by molar-refractivity contribution is -0.384. The van der Waals surface area contributed by atoms with E-state index >= 15 is 4.39 Å². The van der Waals surface area contributed by atoms with Crippen LogP contribution in [0.5, 0.6) is 23.1 Å². The molecule has 4 atom stereocenters. The van der Waals surface area contributed by atoms with E-state index in [9.17, 15) is 23.3 Å². The van der Waals surface area contributed by atoms with Crippen molar-refractivity contribution in [1.29, 1.82) is 0 Å². The number of rotatable bonds is 15. The van der Waals surface area contributed by atoms with Crippen molar-refractivity contribution in [3.63, 3.8) is 0 Å². The number of nitrogens with zero attached hydrogens (tertiary/aromatic N) is 4. The number of nitro groups is 1. The molecule has 4 fully saturated rings. The van der Waals surface area contributed by atoms with Gasteiger partial charge in [0.05, 0.1) is 32.9 Å². The molecule has 390 valence electrons. The molecule has 5 aromatic rings. The second-order valence-electron chi connectivity index (χ2n) is 22.3. The Labute approximate surface area is 426 Å². The number of pyridine rings is 1. The number of nitrogens with one attached hydrogen (secondary N) is 3. The third-order valence-corrected chi connectivity index (χ3v) is 17.9. The Morgan fingerprint density at radius 1 is 1.00 bits per heavy atom. The number of likely N-dealkylation sites (tertiary alicyclic amines) is 1. The van der Waals surface area contributed by atoms with E-state index in [1.807, 2.05) is 0 Å². The third kappa shape index (κ3) is 10.3. The first-order valence-corrected chi connectivity index (χ1v) is 27.4. The van der Waals surface area contributed by atoms with Crippen LogP contribution < -0.4 is 29.1 Å². The van der Waals surface area contributed by atoms with Gasteiger partial charge in [0, 0.05) is 75.5 Å². The van der Waals surface area contributed by atoms with E-state index in [1.54, 1.807) is 19.1 Å². The molecule has 2 saturated heterocycles. The molecule has 3 N–H and O–H groups in total. The Balaban J connectivity index is 0.904. The second-order valence-corrected chi connectivity index (χ2v) is 24.0. The van der Waals surface area contributed by atoms with Crippen LogP contribution in [-0.4, -0.2) is 98.8 Å². The number of fused-ring (bicyclic) bond motifs is 2. The van der Waals surface area contributed by atoms with Crippen LogP contribution in [0.2, 0.25) is 0 Å². The summed E-state index contributed by atoms with van der Waals surface area (Å²) in [5.41, 5.74) is 3.77. The summed E-state index contributed by atoms with van der Waals surface area (Å²) in [6.45, 7) is 14.7. The summed E-state index contributed by atoms with van der Waals surface area (Å²) in [5.74, 6) is -0.489. The highest BCUT2D eigenvalue weighted by atomic mass is 32.2. The minimum atomic E-state index is -4.75. The van der Waals surface area contributed by atoms with Gasteiger partial charge in [0.2, 0.25) is 0 Å². The van der Waals surface area contributed by atoms with Gasteiger partial charge in [-0.15, -0.1) is 0 Å². The summed E-state index contributed by atoms with van der Waals surface area (Å²) >= 11 is 0. The summed E-state index contributed by atoms with van der Waals surface area (Å²) in [5, 5.41) is 15.9. The van der Waals surface area contributed by atoms with Crippen molar-refractivity contribution in [1.82, 2.24) is 19.6 Å². The van der Waals surface area contributed by atoms with Crippen LogP contribution >= 0.6 is 0 Å². The maximum atomic E-state index is 15.1. The summed E-state index contributed by atoms with van der Waals surface area (Å²) in [6, 6.07) is 17.8. The van der Waals surface area contributed by atoms with Crippen LogP contribution in [0.1, 0.15) is 126 Å². The third-order valence-electron chi connectivity index (χ3n) is 16.6. The van der Waals surface area contributed by atoms with Crippen molar-refractivity contribution >= 4 is 44.0 Å². The number of benzene rings is 3. The fourth-order valence-corrected chi connectivity index (χ4v) is 13.1. The van der Waals surface area contributed by atoms with Crippen LogP contribution in [0, 0.1) is 32.7 Å². The van der Waals surface area contributed by atoms with E-state index < -0.39 is 37.3 Å². The quantitative estimate of drug-likeness (QED) is 0.0664. The van der Waals surface area contributed by atoms with Gasteiger partial charge in [-0.2, -0.15) is 4.98 Å². The molecule has 5 heterocycles. The number of methoxy groups -OCH3 is 1. The number of aromatic nitrogens is 2. The highest BCUT2D eigenvalue weighted by molar-refractivity contribution is 7.90. The van der Waals surface area contributed by atoms with E-state index in [4.69, 9.17) is 18.9 Å².